The van der Waals surface area contributed by atoms with Crippen LogP contribution in [0.3, 0.4) is 0 Å². The summed E-state index contributed by atoms with van der Waals surface area (Å²) in [4.78, 5) is 12.0. The zero-order valence-corrected chi connectivity index (χ0v) is 16.0. The summed E-state index contributed by atoms with van der Waals surface area (Å²) in [6.45, 7) is 6.63. The fourth-order valence-electron chi connectivity index (χ4n) is 2.37. The van der Waals surface area contributed by atoms with Gasteiger partial charge >= 0.3 is 5.97 Å². The molecule has 0 bridgehead atoms. The van der Waals surface area contributed by atoms with E-state index in [1.165, 1.54) is 11.6 Å². The monoisotopic (exact) mass is 371 g/mol. The number of benzene rings is 1. The Bertz CT molecular complexity index is 845. The highest BCUT2D eigenvalue weighted by Crippen LogP contribution is 2.24. The predicted molar refractivity (Wildman–Crippen MR) is 102 cm³/mol. The predicted octanol–water partition coefficient (Wildman–Crippen LogP) is 4.45. The molecule has 6 heteroatoms. The molecule has 1 aromatic heterocycles. The molecule has 0 spiro atoms. The molecule has 0 saturated heterocycles. The van der Waals surface area contributed by atoms with Gasteiger partial charge in [0.25, 0.3) is 0 Å². The van der Waals surface area contributed by atoms with Crippen LogP contribution in [0.4, 0.5) is 0 Å². The topological polar surface area (TPSA) is 67.9 Å². The molecule has 0 atom stereocenters. The Morgan fingerprint density at radius 2 is 2.04 bits per heavy atom. The highest BCUT2D eigenvalue weighted by Gasteiger charge is 2.16. The molecule has 0 unspecified atom stereocenters. The van der Waals surface area contributed by atoms with Gasteiger partial charge in [0.15, 0.2) is 0 Å². The lowest BCUT2D eigenvalue weighted by molar-refractivity contribution is -0.138. The number of ether oxygens (including phenoxy) is 1. The van der Waals surface area contributed by atoms with Gasteiger partial charge in [-0.2, -0.15) is 10.4 Å². The SMILES string of the molecule is CCCCOC(=O)/C(C#N)=C/c1c(C)nn(Cc2ccc(C)cc2)c1Cl. The molecule has 1 aromatic carbocycles. The third-order valence-electron chi connectivity index (χ3n) is 3.92. The number of rotatable bonds is 7. The van der Waals surface area contributed by atoms with Gasteiger partial charge in [-0.3, -0.25) is 0 Å². The Morgan fingerprint density at radius 3 is 2.65 bits per heavy atom. The highest BCUT2D eigenvalue weighted by molar-refractivity contribution is 6.31. The van der Waals surface area contributed by atoms with E-state index in [2.05, 4.69) is 5.10 Å². The fourth-order valence-corrected chi connectivity index (χ4v) is 2.66. The second-order valence-electron chi connectivity index (χ2n) is 6.09. The molecule has 0 aliphatic carbocycles. The average Bonchev–Trinajstić information content (AvgIpc) is 2.88. The van der Waals surface area contributed by atoms with Gasteiger partial charge in [-0.15, -0.1) is 0 Å². The van der Waals surface area contributed by atoms with Crippen LogP contribution in [0.2, 0.25) is 5.15 Å². The molecular formula is C20H22ClN3O2. The van der Waals surface area contributed by atoms with Gasteiger partial charge in [-0.25, -0.2) is 9.48 Å². The molecule has 0 aliphatic heterocycles. The van der Waals surface area contributed by atoms with E-state index in [0.29, 0.717) is 29.6 Å². The maximum atomic E-state index is 12.0. The Morgan fingerprint density at radius 1 is 1.35 bits per heavy atom. The summed E-state index contributed by atoms with van der Waals surface area (Å²) in [5.74, 6) is -0.636. The summed E-state index contributed by atoms with van der Waals surface area (Å²) in [5, 5.41) is 14.1. The van der Waals surface area contributed by atoms with E-state index in [1.807, 2.05) is 44.2 Å². The smallest absolute Gasteiger partial charge is 0.348 e. The van der Waals surface area contributed by atoms with Crippen LogP contribution in [0.15, 0.2) is 29.8 Å². The number of unbranched alkanes of at least 4 members (excludes halogenated alkanes) is 1. The van der Waals surface area contributed by atoms with Crippen LogP contribution in [0.25, 0.3) is 6.08 Å². The highest BCUT2D eigenvalue weighted by atomic mass is 35.5. The number of halogens is 1. The van der Waals surface area contributed by atoms with Gasteiger partial charge in [-0.1, -0.05) is 54.8 Å². The van der Waals surface area contributed by atoms with Crippen LogP contribution in [0, 0.1) is 25.2 Å². The fraction of sp³-hybridized carbons (Fsp3) is 0.350. The number of aryl methyl sites for hydroxylation is 2. The number of carbonyl (C=O) groups excluding carboxylic acids is 1. The lowest BCUT2D eigenvalue weighted by Crippen LogP contribution is -2.07. The summed E-state index contributed by atoms with van der Waals surface area (Å²) in [5.41, 5.74) is 3.37. The van der Waals surface area contributed by atoms with Gasteiger partial charge in [0, 0.05) is 5.56 Å². The van der Waals surface area contributed by atoms with E-state index in [-0.39, 0.29) is 5.57 Å². The molecule has 0 aliphatic rings. The van der Waals surface area contributed by atoms with Gasteiger partial charge in [0.2, 0.25) is 0 Å². The van der Waals surface area contributed by atoms with Crippen molar-refractivity contribution < 1.29 is 9.53 Å². The lowest BCUT2D eigenvalue weighted by atomic mass is 10.1. The number of hydrogen-bond acceptors (Lipinski definition) is 4. The Labute approximate surface area is 158 Å². The van der Waals surface area contributed by atoms with Crippen molar-refractivity contribution in [3.05, 3.63) is 57.4 Å². The maximum Gasteiger partial charge on any atom is 0.348 e. The maximum absolute atomic E-state index is 12.0. The normalized spacial score (nSPS) is 11.3. The summed E-state index contributed by atoms with van der Waals surface area (Å²) in [6.07, 6.45) is 3.12. The van der Waals surface area contributed by atoms with Crippen molar-refractivity contribution in [1.82, 2.24) is 9.78 Å². The zero-order chi connectivity index (χ0) is 19.1. The minimum atomic E-state index is -0.636. The molecule has 2 aromatic rings. The largest absolute Gasteiger partial charge is 0.462 e. The average molecular weight is 372 g/mol. The Hall–Kier alpha value is -2.58. The molecule has 2 rings (SSSR count). The molecule has 26 heavy (non-hydrogen) atoms. The van der Waals surface area contributed by atoms with E-state index < -0.39 is 5.97 Å². The van der Waals surface area contributed by atoms with Crippen molar-refractivity contribution in [2.45, 2.75) is 40.2 Å². The molecule has 0 radical (unpaired) electrons. The first-order valence-electron chi connectivity index (χ1n) is 8.53. The summed E-state index contributed by atoms with van der Waals surface area (Å²) < 4.78 is 6.76. The van der Waals surface area contributed by atoms with Crippen molar-refractivity contribution in [3.63, 3.8) is 0 Å². The van der Waals surface area contributed by atoms with Crippen molar-refractivity contribution >= 4 is 23.6 Å². The van der Waals surface area contributed by atoms with Crippen molar-refractivity contribution in [1.29, 1.82) is 5.26 Å². The number of nitrogens with zero attached hydrogens (tertiary/aromatic N) is 3. The number of aromatic nitrogens is 2. The van der Waals surface area contributed by atoms with Crippen LogP contribution >= 0.6 is 11.6 Å². The van der Waals surface area contributed by atoms with Crippen LogP contribution in [0.1, 0.15) is 42.1 Å². The minimum Gasteiger partial charge on any atom is -0.462 e. The quantitative estimate of drug-likeness (QED) is 0.312. The molecule has 5 nitrogen and oxygen atoms in total. The lowest BCUT2D eigenvalue weighted by Gasteiger charge is -2.04. The van der Waals surface area contributed by atoms with Gasteiger partial charge in [0.05, 0.1) is 18.8 Å². The van der Waals surface area contributed by atoms with Crippen LogP contribution in [-0.4, -0.2) is 22.4 Å². The van der Waals surface area contributed by atoms with Crippen molar-refractivity contribution in [2.75, 3.05) is 6.61 Å². The van der Waals surface area contributed by atoms with E-state index in [9.17, 15) is 10.1 Å². The molecule has 0 fully saturated rings. The molecule has 136 valence electrons. The second-order valence-corrected chi connectivity index (χ2v) is 6.45. The zero-order valence-electron chi connectivity index (χ0n) is 15.3. The molecule has 0 amide bonds. The number of nitriles is 1. The van der Waals surface area contributed by atoms with E-state index in [0.717, 1.165) is 18.4 Å². The van der Waals surface area contributed by atoms with Crippen molar-refractivity contribution in [3.8, 4) is 6.07 Å². The van der Waals surface area contributed by atoms with Crippen LogP contribution in [-0.2, 0) is 16.1 Å². The summed E-state index contributed by atoms with van der Waals surface area (Å²) in [7, 11) is 0. The molecule has 1 heterocycles. The van der Waals surface area contributed by atoms with Crippen LogP contribution in [0.5, 0.6) is 0 Å². The van der Waals surface area contributed by atoms with E-state index in [1.54, 1.807) is 11.6 Å². The first kappa shape index (κ1) is 19.7. The van der Waals surface area contributed by atoms with E-state index >= 15 is 0 Å². The number of carbonyl (C=O) groups is 1. The van der Waals surface area contributed by atoms with Crippen molar-refractivity contribution in [2.24, 2.45) is 0 Å². The first-order valence-corrected chi connectivity index (χ1v) is 8.91. The molecule has 0 N–H and O–H groups in total. The Balaban J connectivity index is 2.23. The second kappa shape index (κ2) is 9.21. The van der Waals surface area contributed by atoms with Crippen LogP contribution < -0.4 is 0 Å². The summed E-state index contributed by atoms with van der Waals surface area (Å²) >= 11 is 6.44. The van der Waals surface area contributed by atoms with E-state index in [4.69, 9.17) is 16.3 Å². The molecule has 0 saturated carbocycles. The standard InChI is InChI=1S/C20H22ClN3O2/c1-4-5-10-26-20(25)17(12-22)11-18-15(3)23-24(19(18)21)13-16-8-6-14(2)7-9-16/h6-9,11H,4-5,10,13H2,1-3H3/b17-11+. The van der Waals surface area contributed by atoms with Gasteiger partial charge in [-0.05, 0) is 31.9 Å². The third kappa shape index (κ3) is 4.96. The summed E-state index contributed by atoms with van der Waals surface area (Å²) in [6, 6.07) is 9.98. The van der Waals surface area contributed by atoms with Gasteiger partial charge < -0.3 is 4.74 Å². The van der Waals surface area contributed by atoms with Gasteiger partial charge in [0.1, 0.15) is 16.8 Å². The Kier molecular flexibility index (Phi) is 6.99. The minimum absolute atomic E-state index is 0.0824. The molecular weight excluding hydrogens is 350 g/mol. The third-order valence-corrected chi connectivity index (χ3v) is 4.32. The number of hydrogen-bond donors (Lipinski definition) is 0. The number of esters is 1. The first-order chi connectivity index (χ1) is 12.5.